The molecule has 1 aliphatic heterocycles. The Morgan fingerprint density at radius 3 is 2.30 bits per heavy atom. The number of hydrogen-bond acceptors (Lipinski definition) is 3. The predicted octanol–water partition coefficient (Wildman–Crippen LogP) is 3.48. The highest BCUT2D eigenvalue weighted by Crippen LogP contribution is 2.23. The molecule has 0 bridgehead atoms. The zero-order chi connectivity index (χ0) is 13.9. The number of benzene rings is 1. The van der Waals surface area contributed by atoms with Crippen LogP contribution < -0.4 is 9.80 Å². The standard InChI is InChI=1S/C16H18BrN3/c1-13-11-14(17)12-18-16(13)20-9-7-19(8-10-20)15-5-3-2-4-6-15/h2-6,11-12H,7-10H2,1H3. The molecule has 104 valence electrons. The number of anilines is 2. The van der Waals surface area contributed by atoms with Crippen LogP contribution in [0.25, 0.3) is 0 Å². The smallest absolute Gasteiger partial charge is 0.131 e. The van der Waals surface area contributed by atoms with E-state index in [2.05, 4.69) is 74.0 Å². The van der Waals surface area contributed by atoms with Crippen LogP contribution in [0.4, 0.5) is 11.5 Å². The van der Waals surface area contributed by atoms with E-state index in [1.54, 1.807) is 0 Å². The summed E-state index contributed by atoms with van der Waals surface area (Å²) in [6.45, 7) is 6.24. The van der Waals surface area contributed by atoms with Crippen molar-refractivity contribution < 1.29 is 0 Å². The van der Waals surface area contributed by atoms with Crippen molar-refractivity contribution in [2.24, 2.45) is 0 Å². The van der Waals surface area contributed by atoms with E-state index in [1.165, 1.54) is 11.3 Å². The van der Waals surface area contributed by atoms with Gasteiger partial charge in [-0.3, -0.25) is 0 Å². The van der Waals surface area contributed by atoms with Crippen LogP contribution in [0.15, 0.2) is 47.1 Å². The molecule has 0 aliphatic carbocycles. The summed E-state index contributed by atoms with van der Waals surface area (Å²) in [4.78, 5) is 9.37. The van der Waals surface area contributed by atoms with Gasteiger partial charge in [-0.25, -0.2) is 4.98 Å². The van der Waals surface area contributed by atoms with Crippen LogP contribution in [-0.2, 0) is 0 Å². The third-order valence-electron chi connectivity index (χ3n) is 3.72. The first-order chi connectivity index (χ1) is 9.74. The van der Waals surface area contributed by atoms with Gasteiger partial charge < -0.3 is 9.80 Å². The lowest BCUT2D eigenvalue weighted by atomic mass is 10.2. The maximum atomic E-state index is 4.56. The Bertz CT molecular complexity index is 578. The molecule has 0 radical (unpaired) electrons. The third-order valence-corrected chi connectivity index (χ3v) is 4.15. The van der Waals surface area contributed by atoms with Gasteiger partial charge in [0.15, 0.2) is 0 Å². The lowest BCUT2D eigenvalue weighted by Gasteiger charge is -2.37. The predicted molar refractivity (Wildman–Crippen MR) is 87.5 cm³/mol. The van der Waals surface area contributed by atoms with Crippen molar-refractivity contribution in [3.8, 4) is 0 Å². The summed E-state index contributed by atoms with van der Waals surface area (Å²) in [5.74, 6) is 1.11. The van der Waals surface area contributed by atoms with E-state index in [1.807, 2.05) is 6.20 Å². The number of nitrogens with zero attached hydrogens (tertiary/aromatic N) is 3. The summed E-state index contributed by atoms with van der Waals surface area (Å²) in [6, 6.07) is 12.8. The highest BCUT2D eigenvalue weighted by molar-refractivity contribution is 9.10. The largest absolute Gasteiger partial charge is 0.368 e. The molecule has 2 heterocycles. The van der Waals surface area contributed by atoms with Gasteiger partial charge in [0.1, 0.15) is 5.82 Å². The highest BCUT2D eigenvalue weighted by atomic mass is 79.9. The Kier molecular flexibility index (Phi) is 3.92. The molecule has 1 fully saturated rings. The third kappa shape index (κ3) is 2.80. The molecule has 20 heavy (non-hydrogen) atoms. The summed E-state index contributed by atoms with van der Waals surface area (Å²) >= 11 is 3.47. The molecular formula is C16H18BrN3. The molecule has 1 aliphatic rings. The van der Waals surface area contributed by atoms with Crippen molar-refractivity contribution in [1.82, 2.24) is 4.98 Å². The lowest BCUT2D eigenvalue weighted by Crippen LogP contribution is -2.47. The minimum Gasteiger partial charge on any atom is -0.368 e. The molecule has 0 atom stereocenters. The summed E-state index contributed by atoms with van der Waals surface area (Å²) in [6.07, 6.45) is 1.88. The summed E-state index contributed by atoms with van der Waals surface area (Å²) < 4.78 is 1.04. The van der Waals surface area contributed by atoms with Crippen LogP contribution in [0.3, 0.4) is 0 Å². The molecule has 2 aromatic rings. The number of aromatic nitrogens is 1. The molecule has 3 rings (SSSR count). The zero-order valence-corrected chi connectivity index (χ0v) is 13.2. The SMILES string of the molecule is Cc1cc(Br)cnc1N1CCN(c2ccccc2)CC1. The maximum absolute atomic E-state index is 4.56. The first kappa shape index (κ1) is 13.4. The molecular weight excluding hydrogens is 314 g/mol. The van der Waals surface area contributed by atoms with Gasteiger partial charge in [0.05, 0.1) is 0 Å². The monoisotopic (exact) mass is 331 g/mol. The second-order valence-corrected chi connectivity index (χ2v) is 6.02. The average Bonchev–Trinajstić information content (AvgIpc) is 2.48. The Morgan fingerprint density at radius 1 is 1.00 bits per heavy atom. The van der Waals surface area contributed by atoms with E-state index < -0.39 is 0 Å². The summed E-state index contributed by atoms with van der Waals surface area (Å²) in [7, 11) is 0. The number of para-hydroxylation sites is 1. The molecule has 1 aromatic carbocycles. The Morgan fingerprint density at radius 2 is 1.65 bits per heavy atom. The van der Waals surface area contributed by atoms with Crippen LogP contribution >= 0.6 is 15.9 Å². The van der Waals surface area contributed by atoms with E-state index in [0.29, 0.717) is 0 Å². The van der Waals surface area contributed by atoms with Crippen molar-refractivity contribution in [3.05, 3.63) is 52.6 Å². The molecule has 0 spiro atoms. The van der Waals surface area contributed by atoms with Crippen molar-refractivity contribution in [2.75, 3.05) is 36.0 Å². The van der Waals surface area contributed by atoms with E-state index in [9.17, 15) is 0 Å². The topological polar surface area (TPSA) is 19.4 Å². The molecule has 0 saturated carbocycles. The van der Waals surface area contributed by atoms with Gasteiger partial charge in [-0.1, -0.05) is 18.2 Å². The minimum absolute atomic E-state index is 1.02. The van der Waals surface area contributed by atoms with E-state index in [-0.39, 0.29) is 0 Å². The number of halogens is 1. The first-order valence-corrected chi connectivity index (χ1v) is 7.70. The molecule has 1 aromatic heterocycles. The van der Waals surface area contributed by atoms with Gasteiger partial charge in [-0.15, -0.1) is 0 Å². The van der Waals surface area contributed by atoms with Gasteiger partial charge in [0.2, 0.25) is 0 Å². The van der Waals surface area contributed by atoms with Crippen LogP contribution in [0.1, 0.15) is 5.56 Å². The fraction of sp³-hybridized carbons (Fsp3) is 0.312. The van der Waals surface area contributed by atoms with E-state index in [0.717, 1.165) is 36.5 Å². The fourth-order valence-corrected chi connectivity index (χ4v) is 3.13. The molecule has 0 unspecified atom stereocenters. The number of pyridine rings is 1. The van der Waals surface area contributed by atoms with Crippen molar-refractivity contribution in [2.45, 2.75) is 6.92 Å². The van der Waals surface area contributed by atoms with Gasteiger partial charge in [0, 0.05) is 42.5 Å². The van der Waals surface area contributed by atoms with Crippen LogP contribution in [0, 0.1) is 6.92 Å². The van der Waals surface area contributed by atoms with Crippen molar-refractivity contribution >= 4 is 27.4 Å². The van der Waals surface area contributed by atoms with E-state index >= 15 is 0 Å². The van der Waals surface area contributed by atoms with Gasteiger partial charge >= 0.3 is 0 Å². The van der Waals surface area contributed by atoms with Crippen LogP contribution in [-0.4, -0.2) is 31.2 Å². The van der Waals surface area contributed by atoms with Gasteiger partial charge in [0.25, 0.3) is 0 Å². The molecule has 0 amide bonds. The summed E-state index contributed by atoms with van der Waals surface area (Å²) in [5.41, 5.74) is 2.54. The maximum Gasteiger partial charge on any atom is 0.131 e. The van der Waals surface area contributed by atoms with E-state index in [4.69, 9.17) is 0 Å². The number of piperazine rings is 1. The van der Waals surface area contributed by atoms with Gasteiger partial charge in [-0.2, -0.15) is 0 Å². The number of aryl methyl sites for hydroxylation is 1. The average molecular weight is 332 g/mol. The quantitative estimate of drug-likeness (QED) is 0.839. The van der Waals surface area contributed by atoms with Crippen molar-refractivity contribution in [1.29, 1.82) is 0 Å². The number of hydrogen-bond donors (Lipinski definition) is 0. The Balaban J connectivity index is 1.69. The van der Waals surface area contributed by atoms with Crippen LogP contribution in [0.2, 0.25) is 0 Å². The highest BCUT2D eigenvalue weighted by Gasteiger charge is 2.19. The molecule has 0 N–H and O–H groups in total. The first-order valence-electron chi connectivity index (χ1n) is 6.91. The zero-order valence-electron chi connectivity index (χ0n) is 11.6. The second-order valence-electron chi connectivity index (χ2n) is 5.10. The molecule has 1 saturated heterocycles. The number of rotatable bonds is 2. The normalized spacial score (nSPS) is 15.5. The van der Waals surface area contributed by atoms with Crippen molar-refractivity contribution in [3.63, 3.8) is 0 Å². The van der Waals surface area contributed by atoms with Gasteiger partial charge in [-0.05, 0) is 46.6 Å². The second kappa shape index (κ2) is 5.83. The fourth-order valence-electron chi connectivity index (χ4n) is 2.68. The molecule has 3 nitrogen and oxygen atoms in total. The lowest BCUT2D eigenvalue weighted by molar-refractivity contribution is 0.646. The van der Waals surface area contributed by atoms with Crippen LogP contribution in [0.5, 0.6) is 0 Å². The minimum atomic E-state index is 1.02. The summed E-state index contributed by atoms with van der Waals surface area (Å²) in [5, 5.41) is 0. The molecule has 4 heteroatoms. The Labute approximate surface area is 128 Å². The Hall–Kier alpha value is -1.55.